The summed E-state index contributed by atoms with van der Waals surface area (Å²) < 4.78 is 0. The van der Waals surface area contributed by atoms with Crippen molar-refractivity contribution in [3.8, 4) is 0 Å². The molecule has 2 aliphatic carbocycles. The van der Waals surface area contributed by atoms with Gasteiger partial charge in [0, 0.05) is 24.6 Å². The van der Waals surface area contributed by atoms with Crippen molar-refractivity contribution in [3.05, 3.63) is 27.9 Å². The van der Waals surface area contributed by atoms with E-state index in [1.54, 1.807) is 6.07 Å². The molecule has 2 saturated carbocycles. The second kappa shape index (κ2) is 5.45. The van der Waals surface area contributed by atoms with E-state index in [0.717, 1.165) is 24.0 Å². The summed E-state index contributed by atoms with van der Waals surface area (Å²) in [5.41, 5.74) is 0.892. The summed E-state index contributed by atoms with van der Waals surface area (Å²) in [4.78, 5) is 19.4. The van der Waals surface area contributed by atoms with Crippen LogP contribution in [0.1, 0.15) is 62.9 Å². The van der Waals surface area contributed by atoms with Crippen LogP contribution >= 0.6 is 0 Å². The monoisotopic (exact) mass is 261 g/mol. The average Bonchev–Trinajstić information content (AvgIpc) is 3.11. The largest absolute Gasteiger partial charge is 0.310 e. The first-order chi connectivity index (χ1) is 9.24. The smallest absolute Gasteiger partial charge is 0.251 e. The molecule has 0 radical (unpaired) electrons. The van der Waals surface area contributed by atoms with Gasteiger partial charge in [-0.2, -0.15) is 0 Å². The summed E-state index contributed by atoms with van der Waals surface area (Å²) in [5, 5.41) is 3.42. The molecule has 0 bridgehead atoms. The molecule has 1 heterocycles. The highest BCUT2D eigenvalue weighted by atomic mass is 16.1. The van der Waals surface area contributed by atoms with Gasteiger partial charge in [0.1, 0.15) is 5.82 Å². The average molecular weight is 261 g/mol. The Balaban J connectivity index is 1.71. The topological polar surface area (TPSA) is 57.8 Å². The molecule has 4 heteroatoms. The van der Waals surface area contributed by atoms with E-state index in [9.17, 15) is 4.79 Å². The molecule has 0 amide bonds. The predicted octanol–water partition coefficient (Wildman–Crippen LogP) is 2.32. The zero-order valence-corrected chi connectivity index (χ0v) is 11.6. The van der Waals surface area contributed by atoms with Gasteiger partial charge >= 0.3 is 0 Å². The molecule has 1 aromatic heterocycles. The molecule has 104 valence electrons. The van der Waals surface area contributed by atoms with Gasteiger partial charge in [0.25, 0.3) is 5.56 Å². The van der Waals surface area contributed by atoms with E-state index >= 15 is 0 Å². The Hall–Kier alpha value is -1.16. The van der Waals surface area contributed by atoms with Crippen LogP contribution in [0.3, 0.4) is 0 Å². The van der Waals surface area contributed by atoms with Crippen molar-refractivity contribution in [2.45, 2.75) is 64.0 Å². The highest BCUT2D eigenvalue weighted by Crippen LogP contribution is 2.37. The maximum absolute atomic E-state index is 11.8. The van der Waals surface area contributed by atoms with Crippen LogP contribution < -0.4 is 10.9 Å². The molecule has 0 aliphatic heterocycles. The third kappa shape index (κ3) is 3.24. The minimum Gasteiger partial charge on any atom is -0.310 e. The Bertz CT molecular complexity index is 492. The van der Waals surface area contributed by atoms with Crippen LogP contribution in [0.5, 0.6) is 0 Å². The molecular formula is C15H23N3O. The molecule has 1 aromatic rings. The molecule has 4 nitrogen and oxygen atoms in total. The summed E-state index contributed by atoms with van der Waals surface area (Å²) >= 11 is 0. The number of nitrogens with one attached hydrogen (secondary N) is 2. The standard InChI is InChI=1S/C15H23N3O/c1-2-10-3-4-11(7-10)15-17-13(8-14(19)18-15)9-16-12-5-6-12/h8,10-12,16H,2-7,9H2,1H3,(H,17,18,19). The third-order valence-corrected chi connectivity index (χ3v) is 4.47. The molecule has 0 saturated heterocycles. The summed E-state index contributed by atoms with van der Waals surface area (Å²) in [6, 6.07) is 2.28. The SMILES string of the molecule is CCC1CCC(c2nc(CNC3CC3)cc(=O)[nH]2)C1. The van der Waals surface area contributed by atoms with Gasteiger partial charge in [0.15, 0.2) is 0 Å². The van der Waals surface area contributed by atoms with E-state index in [-0.39, 0.29) is 5.56 Å². The molecule has 0 spiro atoms. The van der Waals surface area contributed by atoms with Crippen molar-refractivity contribution in [2.75, 3.05) is 0 Å². The number of rotatable bonds is 5. The van der Waals surface area contributed by atoms with Gasteiger partial charge in [-0.05, 0) is 38.0 Å². The van der Waals surface area contributed by atoms with Crippen LogP contribution in [0.2, 0.25) is 0 Å². The molecule has 2 aliphatic rings. The van der Waals surface area contributed by atoms with Gasteiger partial charge in [0.2, 0.25) is 0 Å². The zero-order chi connectivity index (χ0) is 13.2. The van der Waals surface area contributed by atoms with E-state index in [0.29, 0.717) is 12.0 Å². The van der Waals surface area contributed by atoms with Crippen LogP contribution in [0, 0.1) is 5.92 Å². The Morgan fingerprint density at radius 1 is 1.37 bits per heavy atom. The Morgan fingerprint density at radius 2 is 2.21 bits per heavy atom. The Labute approximate surface area is 114 Å². The molecule has 19 heavy (non-hydrogen) atoms. The lowest BCUT2D eigenvalue weighted by Crippen LogP contribution is -2.21. The van der Waals surface area contributed by atoms with Crippen molar-refractivity contribution in [3.63, 3.8) is 0 Å². The molecule has 3 rings (SSSR count). The van der Waals surface area contributed by atoms with E-state index in [2.05, 4.69) is 22.2 Å². The first-order valence-electron chi connectivity index (χ1n) is 7.58. The van der Waals surface area contributed by atoms with E-state index in [1.165, 1.54) is 38.5 Å². The van der Waals surface area contributed by atoms with Gasteiger partial charge in [0.05, 0.1) is 5.69 Å². The summed E-state index contributed by atoms with van der Waals surface area (Å²) in [6.45, 7) is 2.98. The predicted molar refractivity (Wildman–Crippen MR) is 75.1 cm³/mol. The first-order valence-corrected chi connectivity index (χ1v) is 7.58. The van der Waals surface area contributed by atoms with Crippen LogP contribution in [-0.2, 0) is 6.54 Å². The van der Waals surface area contributed by atoms with E-state index in [4.69, 9.17) is 0 Å². The van der Waals surface area contributed by atoms with Gasteiger partial charge in [-0.1, -0.05) is 13.3 Å². The molecule has 2 unspecified atom stereocenters. The van der Waals surface area contributed by atoms with Gasteiger partial charge in [-0.25, -0.2) is 4.98 Å². The third-order valence-electron chi connectivity index (χ3n) is 4.47. The minimum atomic E-state index is -0.00227. The van der Waals surface area contributed by atoms with Crippen LogP contribution in [0.15, 0.2) is 10.9 Å². The van der Waals surface area contributed by atoms with Crippen molar-refractivity contribution < 1.29 is 0 Å². The molecule has 2 atom stereocenters. The number of H-pyrrole nitrogens is 1. The molecular weight excluding hydrogens is 238 g/mol. The number of hydrogen-bond acceptors (Lipinski definition) is 3. The van der Waals surface area contributed by atoms with Crippen LogP contribution in [-0.4, -0.2) is 16.0 Å². The fraction of sp³-hybridized carbons (Fsp3) is 0.733. The summed E-state index contributed by atoms with van der Waals surface area (Å²) in [5.74, 6) is 2.18. The number of hydrogen-bond donors (Lipinski definition) is 2. The van der Waals surface area contributed by atoms with Gasteiger partial charge in [-0.15, -0.1) is 0 Å². The number of aromatic nitrogens is 2. The van der Waals surface area contributed by atoms with E-state index < -0.39 is 0 Å². The van der Waals surface area contributed by atoms with Crippen molar-refractivity contribution in [1.82, 2.24) is 15.3 Å². The Morgan fingerprint density at radius 3 is 2.89 bits per heavy atom. The fourth-order valence-electron chi connectivity index (χ4n) is 3.04. The minimum absolute atomic E-state index is 0.00227. The molecule has 2 fully saturated rings. The first kappa shape index (κ1) is 12.9. The lowest BCUT2D eigenvalue weighted by atomic mass is 10.0. The highest BCUT2D eigenvalue weighted by molar-refractivity contribution is 5.08. The second-order valence-corrected chi connectivity index (χ2v) is 6.06. The maximum Gasteiger partial charge on any atom is 0.251 e. The quantitative estimate of drug-likeness (QED) is 0.855. The van der Waals surface area contributed by atoms with Gasteiger partial charge in [-0.3, -0.25) is 4.79 Å². The molecule has 2 N–H and O–H groups in total. The van der Waals surface area contributed by atoms with Crippen molar-refractivity contribution in [1.29, 1.82) is 0 Å². The zero-order valence-electron chi connectivity index (χ0n) is 11.6. The number of nitrogens with zero attached hydrogens (tertiary/aromatic N) is 1. The summed E-state index contributed by atoms with van der Waals surface area (Å²) in [7, 11) is 0. The maximum atomic E-state index is 11.8. The lowest BCUT2D eigenvalue weighted by molar-refractivity contribution is 0.515. The second-order valence-electron chi connectivity index (χ2n) is 6.06. The lowest BCUT2D eigenvalue weighted by Gasteiger charge is -2.11. The van der Waals surface area contributed by atoms with Crippen LogP contribution in [0.4, 0.5) is 0 Å². The highest BCUT2D eigenvalue weighted by Gasteiger charge is 2.27. The summed E-state index contributed by atoms with van der Waals surface area (Å²) in [6.07, 6.45) is 7.38. The van der Waals surface area contributed by atoms with Crippen molar-refractivity contribution in [2.24, 2.45) is 5.92 Å². The van der Waals surface area contributed by atoms with E-state index in [1.807, 2.05) is 0 Å². The van der Waals surface area contributed by atoms with Gasteiger partial charge < -0.3 is 10.3 Å². The normalized spacial score (nSPS) is 26.8. The number of aromatic amines is 1. The van der Waals surface area contributed by atoms with Crippen molar-refractivity contribution >= 4 is 0 Å². The Kier molecular flexibility index (Phi) is 3.69. The van der Waals surface area contributed by atoms with Crippen LogP contribution in [0.25, 0.3) is 0 Å². The molecule has 0 aromatic carbocycles. The fourth-order valence-corrected chi connectivity index (χ4v) is 3.04.